The molecule has 2 aromatic rings. The Morgan fingerprint density at radius 1 is 1.04 bits per heavy atom. The molecule has 0 saturated heterocycles. The van der Waals surface area contributed by atoms with Crippen molar-refractivity contribution in [2.24, 2.45) is 0 Å². The summed E-state index contributed by atoms with van der Waals surface area (Å²) in [6.45, 7) is 7.02. The second kappa shape index (κ2) is 8.50. The fourth-order valence-corrected chi connectivity index (χ4v) is 2.84. The van der Waals surface area contributed by atoms with Crippen molar-refractivity contribution in [2.45, 2.75) is 37.6 Å². The van der Waals surface area contributed by atoms with Gasteiger partial charge in [-0.1, -0.05) is 45.0 Å². The second-order valence-corrected chi connectivity index (χ2v) is 8.10. The smallest absolute Gasteiger partial charge is 0.257 e. The lowest BCUT2D eigenvalue weighted by Gasteiger charge is -2.19. The predicted molar refractivity (Wildman–Crippen MR) is 110 cm³/mol. The zero-order valence-electron chi connectivity index (χ0n) is 15.1. The molecule has 2 N–H and O–H groups in total. The van der Waals surface area contributed by atoms with Gasteiger partial charge in [-0.2, -0.15) is 0 Å². The minimum Gasteiger partial charge on any atom is -0.358 e. The standard InChI is InChI=1S/C20H24N2OS2/c1-20(2,3)16-9-7-15(8-10-16)18(23)22-19(24)21-13-14-5-11-17(25-4)12-6-14/h5-12H,13H2,1-4H3,(H2,21,22,23,24). The minimum absolute atomic E-state index is 0.0672. The van der Waals surface area contributed by atoms with Crippen molar-refractivity contribution < 1.29 is 4.79 Å². The van der Waals surface area contributed by atoms with Crippen LogP contribution in [0.15, 0.2) is 53.4 Å². The van der Waals surface area contributed by atoms with Crippen LogP contribution in [0.5, 0.6) is 0 Å². The number of nitrogens with one attached hydrogen (secondary N) is 2. The molecule has 2 aromatic carbocycles. The van der Waals surface area contributed by atoms with Crippen LogP contribution in [0.3, 0.4) is 0 Å². The molecule has 0 atom stereocenters. The highest BCUT2D eigenvalue weighted by molar-refractivity contribution is 7.98. The quantitative estimate of drug-likeness (QED) is 0.612. The van der Waals surface area contributed by atoms with Gasteiger partial charge < -0.3 is 5.32 Å². The van der Waals surface area contributed by atoms with Crippen LogP contribution in [0.4, 0.5) is 0 Å². The summed E-state index contributed by atoms with van der Waals surface area (Å²) in [6, 6.07) is 15.9. The molecule has 0 unspecified atom stereocenters. The van der Waals surface area contributed by atoms with Crippen molar-refractivity contribution in [2.75, 3.05) is 6.26 Å². The van der Waals surface area contributed by atoms with Crippen LogP contribution in [-0.2, 0) is 12.0 Å². The average Bonchev–Trinajstić information content (AvgIpc) is 2.59. The number of thioether (sulfide) groups is 1. The summed E-state index contributed by atoms with van der Waals surface area (Å²) in [4.78, 5) is 13.5. The summed E-state index contributed by atoms with van der Waals surface area (Å²) in [5.74, 6) is -0.198. The third-order valence-corrected chi connectivity index (χ3v) is 4.84. The van der Waals surface area contributed by atoms with Crippen LogP contribution in [0, 0.1) is 0 Å². The van der Waals surface area contributed by atoms with Crippen molar-refractivity contribution in [3.8, 4) is 0 Å². The molecule has 0 saturated carbocycles. The maximum Gasteiger partial charge on any atom is 0.257 e. The molecular weight excluding hydrogens is 348 g/mol. The molecule has 0 aliphatic heterocycles. The average molecular weight is 373 g/mol. The van der Waals surface area contributed by atoms with E-state index in [1.807, 2.05) is 30.5 Å². The van der Waals surface area contributed by atoms with E-state index in [0.29, 0.717) is 17.2 Å². The zero-order chi connectivity index (χ0) is 18.4. The van der Waals surface area contributed by atoms with Gasteiger partial charge in [-0.3, -0.25) is 10.1 Å². The lowest BCUT2D eigenvalue weighted by atomic mass is 9.87. The van der Waals surface area contributed by atoms with Crippen LogP contribution in [0.25, 0.3) is 0 Å². The van der Waals surface area contributed by atoms with Crippen LogP contribution < -0.4 is 10.6 Å². The summed E-state index contributed by atoms with van der Waals surface area (Å²) < 4.78 is 0. The highest BCUT2D eigenvalue weighted by atomic mass is 32.2. The van der Waals surface area contributed by atoms with Crippen molar-refractivity contribution >= 4 is 35.0 Å². The van der Waals surface area contributed by atoms with E-state index in [1.165, 1.54) is 10.5 Å². The van der Waals surface area contributed by atoms with Gasteiger partial charge in [-0.25, -0.2) is 0 Å². The summed E-state index contributed by atoms with van der Waals surface area (Å²) in [7, 11) is 0. The number of thiocarbonyl (C=S) groups is 1. The van der Waals surface area contributed by atoms with E-state index in [1.54, 1.807) is 11.8 Å². The lowest BCUT2D eigenvalue weighted by molar-refractivity contribution is 0.0976. The van der Waals surface area contributed by atoms with Gasteiger partial charge in [0.05, 0.1) is 0 Å². The largest absolute Gasteiger partial charge is 0.358 e. The van der Waals surface area contributed by atoms with Crippen LogP contribution in [-0.4, -0.2) is 17.3 Å². The monoisotopic (exact) mass is 372 g/mol. The molecule has 1 amide bonds. The Labute approximate surface area is 159 Å². The Bertz CT molecular complexity index is 732. The number of benzene rings is 2. The van der Waals surface area contributed by atoms with E-state index < -0.39 is 0 Å². The maximum absolute atomic E-state index is 12.3. The van der Waals surface area contributed by atoms with Gasteiger partial charge in [0.25, 0.3) is 5.91 Å². The first-order valence-corrected chi connectivity index (χ1v) is 9.75. The molecule has 0 spiro atoms. The van der Waals surface area contributed by atoms with E-state index in [9.17, 15) is 4.79 Å². The van der Waals surface area contributed by atoms with E-state index >= 15 is 0 Å². The number of hydrogen-bond donors (Lipinski definition) is 2. The third-order valence-electron chi connectivity index (χ3n) is 3.85. The van der Waals surface area contributed by atoms with Crippen molar-refractivity contribution in [1.29, 1.82) is 0 Å². The SMILES string of the molecule is CSc1ccc(CNC(=S)NC(=O)c2ccc(C(C)(C)C)cc2)cc1. The Morgan fingerprint density at radius 3 is 2.16 bits per heavy atom. The Kier molecular flexibility index (Phi) is 6.62. The first-order chi connectivity index (χ1) is 11.8. The van der Waals surface area contributed by atoms with Crippen LogP contribution in [0.1, 0.15) is 42.3 Å². The van der Waals surface area contributed by atoms with Gasteiger partial charge in [0.2, 0.25) is 0 Å². The molecule has 0 aromatic heterocycles. The molecular formula is C20H24N2OS2. The predicted octanol–water partition coefficient (Wildman–Crippen LogP) is 4.51. The molecule has 0 radical (unpaired) electrons. The summed E-state index contributed by atoms with van der Waals surface area (Å²) in [6.07, 6.45) is 2.05. The highest BCUT2D eigenvalue weighted by Crippen LogP contribution is 2.22. The topological polar surface area (TPSA) is 41.1 Å². The number of carbonyl (C=O) groups is 1. The van der Waals surface area contributed by atoms with Crippen LogP contribution in [0.2, 0.25) is 0 Å². The third kappa shape index (κ3) is 5.87. The first kappa shape index (κ1) is 19.5. The van der Waals surface area contributed by atoms with Crippen molar-refractivity contribution in [3.05, 3.63) is 65.2 Å². The van der Waals surface area contributed by atoms with E-state index in [4.69, 9.17) is 12.2 Å². The Hall–Kier alpha value is -1.85. The second-order valence-electron chi connectivity index (χ2n) is 6.81. The molecule has 0 fully saturated rings. The minimum atomic E-state index is -0.198. The maximum atomic E-state index is 12.3. The van der Waals surface area contributed by atoms with E-state index in [0.717, 1.165) is 5.56 Å². The fourth-order valence-electron chi connectivity index (χ4n) is 2.27. The molecule has 2 rings (SSSR count). The van der Waals surface area contributed by atoms with Gasteiger partial charge in [0.15, 0.2) is 5.11 Å². The van der Waals surface area contributed by atoms with Crippen molar-refractivity contribution in [1.82, 2.24) is 10.6 Å². The fraction of sp³-hybridized carbons (Fsp3) is 0.300. The molecule has 25 heavy (non-hydrogen) atoms. The normalized spacial score (nSPS) is 11.0. The number of amides is 1. The molecule has 0 heterocycles. The van der Waals surface area contributed by atoms with Gasteiger partial charge in [-0.05, 0) is 59.3 Å². The molecule has 132 valence electrons. The molecule has 0 aliphatic carbocycles. The summed E-state index contributed by atoms with van der Waals surface area (Å²) >= 11 is 6.92. The lowest BCUT2D eigenvalue weighted by Crippen LogP contribution is -2.38. The van der Waals surface area contributed by atoms with Crippen LogP contribution >= 0.6 is 24.0 Å². The highest BCUT2D eigenvalue weighted by Gasteiger charge is 2.14. The zero-order valence-corrected chi connectivity index (χ0v) is 16.7. The summed E-state index contributed by atoms with van der Waals surface area (Å²) in [5.41, 5.74) is 2.97. The van der Waals surface area contributed by atoms with E-state index in [2.05, 4.69) is 55.7 Å². The molecule has 0 bridgehead atoms. The molecule has 5 heteroatoms. The number of carbonyl (C=O) groups excluding carboxylic acids is 1. The molecule has 3 nitrogen and oxygen atoms in total. The Morgan fingerprint density at radius 2 is 1.64 bits per heavy atom. The molecule has 0 aliphatic rings. The first-order valence-electron chi connectivity index (χ1n) is 8.12. The van der Waals surface area contributed by atoms with E-state index in [-0.39, 0.29) is 11.3 Å². The summed E-state index contributed by atoms with van der Waals surface area (Å²) in [5, 5.41) is 6.12. The van der Waals surface area contributed by atoms with Gasteiger partial charge in [0.1, 0.15) is 0 Å². The van der Waals surface area contributed by atoms with Crippen molar-refractivity contribution in [3.63, 3.8) is 0 Å². The number of hydrogen-bond acceptors (Lipinski definition) is 3. The van der Waals surface area contributed by atoms with Gasteiger partial charge in [-0.15, -0.1) is 11.8 Å². The van der Waals surface area contributed by atoms with Gasteiger partial charge >= 0.3 is 0 Å². The number of rotatable bonds is 4. The Balaban J connectivity index is 1.88. The van der Waals surface area contributed by atoms with Gasteiger partial charge in [0, 0.05) is 17.0 Å².